The molecule has 1 fully saturated rings. The molecule has 2 heterocycles. The number of amides is 1. The number of piperazine rings is 1. The number of hydrogen-bond acceptors (Lipinski definition) is 5. The Labute approximate surface area is 153 Å². The number of rotatable bonds is 2. The van der Waals surface area contributed by atoms with Crippen LogP contribution in [0.25, 0.3) is 0 Å². The van der Waals surface area contributed by atoms with Gasteiger partial charge in [0.25, 0.3) is 5.91 Å². The lowest BCUT2D eigenvalue weighted by Gasteiger charge is -2.36. The third kappa shape index (κ3) is 3.37. The van der Waals surface area contributed by atoms with Crippen LogP contribution in [0.15, 0.2) is 29.2 Å². The van der Waals surface area contributed by atoms with Gasteiger partial charge in [0.1, 0.15) is 5.82 Å². The molecule has 1 aromatic heterocycles. The fraction of sp³-hybridized carbons (Fsp3) is 0.312. The summed E-state index contributed by atoms with van der Waals surface area (Å²) in [5, 5.41) is 0. The minimum absolute atomic E-state index is 0.0433. The molecular weight excluding hydrogens is 421 g/mol. The van der Waals surface area contributed by atoms with Crippen molar-refractivity contribution in [3.8, 4) is 0 Å². The topological polar surface area (TPSA) is 95.3 Å². The van der Waals surface area contributed by atoms with Crippen molar-refractivity contribution in [3.63, 3.8) is 0 Å². The molecule has 3 rings (SSSR count). The van der Waals surface area contributed by atoms with E-state index < -0.39 is 5.69 Å². The lowest BCUT2D eigenvalue weighted by Crippen LogP contribution is -2.49. The number of aryl methyl sites for hydroxylation is 1. The van der Waals surface area contributed by atoms with Gasteiger partial charge >= 0.3 is 5.69 Å². The molecule has 8 heteroatoms. The Balaban J connectivity index is 1.69. The predicted octanol–water partition coefficient (Wildman–Crippen LogP) is 1.23. The number of nitrogens with one attached hydrogen (secondary N) is 1. The molecular formula is C16H18IN5O2. The molecule has 0 bridgehead atoms. The second-order valence-corrected chi connectivity index (χ2v) is 6.89. The molecule has 1 aliphatic heterocycles. The van der Waals surface area contributed by atoms with E-state index in [-0.39, 0.29) is 5.91 Å². The van der Waals surface area contributed by atoms with E-state index >= 15 is 0 Å². The Bertz CT molecular complexity index is 827. The Kier molecular flexibility index (Phi) is 4.74. The summed E-state index contributed by atoms with van der Waals surface area (Å²) in [7, 11) is 0. The summed E-state index contributed by atoms with van der Waals surface area (Å²) < 4.78 is 1.15. The number of anilines is 2. The van der Waals surface area contributed by atoms with Crippen LogP contribution in [0.1, 0.15) is 15.9 Å². The summed E-state index contributed by atoms with van der Waals surface area (Å²) in [5.74, 6) is 0.352. The summed E-state index contributed by atoms with van der Waals surface area (Å²) >= 11 is 2.26. The molecule has 1 amide bonds. The molecule has 1 aromatic carbocycles. The quantitative estimate of drug-likeness (QED) is 0.687. The summed E-state index contributed by atoms with van der Waals surface area (Å²) in [6, 6.07) is 5.76. The fourth-order valence-electron chi connectivity index (χ4n) is 2.76. The zero-order chi connectivity index (χ0) is 17.3. The summed E-state index contributed by atoms with van der Waals surface area (Å²) in [6.45, 7) is 4.49. The monoisotopic (exact) mass is 439 g/mol. The van der Waals surface area contributed by atoms with Crippen LogP contribution in [0.3, 0.4) is 0 Å². The number of benzene rings is 1. The number of nitrogen functional groups attached to an aromatic ring is 1. The number of nitrogens with two attached hydrogens (primary N) is 1. The van der Waals surface area contributed by atoms with Gasteiger partial charge in [-0.2, -0.15) is 4.98 Å². The van der Waals surface area contributed by atoms with Gasteiger partial charge in [0.05, 0.1) is 11.9 Å². The number of H-pyrrole nitrogens is 1. The van der Waals surface area contributed by atoms with Crippen molar-refractivity contribution in [3.05, 3.63) is 49.6 Å². The van der Waals surface area contributed by atoms with Gasteiger partial charge in [-0.15, -0.1) is 0 Å². The molecule has 0 saturated carbocycles. The largest absolute Gasteiger partial charge is 0.383 e. The Morgan fingerprint density at radius 2 is 2.00 bits per heavy atom. The number of carbonyl (C=O) groups is 1. The van der Waals surface area contributed by atoms with Gasteiger partial charge in [-0.1, -0.05) is 0 Å². The van der Waals surface area contributed by atoms with Crippen LogP contribution in [-0.2, 0) is 0 Å². The molecule has 0 atom stereocenters. The van der Waals surface area contributed by atoms with Crippen LogP contribution >= 0.6 is 22.6 Å². The number of halogens is 1. The van der Waals surface area contributed by atoms with E-state index in [1.807, 2.05) is 34.9 Å². The molecule has 7 nitrogen and oxygen atoms in total. The van der Waals surface area contributed by atoms with Gasteiger partial charge in [0.15, 0.2) is 0 Å². The molecule has 0 spiro atoms. The first-order chi connectivity index (χ1) is 11.5. The average molecular weight is 439 g/mol. The zero-order valence-corrected chi connectivity index (χ0v) is 15.4. The normalized spacial score (nSPS) is 14.8. The lowest BCUT2D eigenvalue weighted by molar-refractivity contribution is 0.0746. The van der Waals surface area contributed by atoms with E-state index in [1.54, 1.807) is 0 Å². The maximum atomic E-state index is 12.6. The van der Waals surface area contributed by atoms with Gasteiger partial charge in [-0.25, -0.2) is 4.79 Å². The SMILES string of the molecule is Cc1cc(C(=O)N2CCN(c3cnc(=O)[nH]c3N)CC2)ccc1I. The Hall–Kier alpha value is -2.10. The molecule has 1 saturated heterocycles. The molecule has 0 unspecified atom stereocenters. The van der Waals surface area contributed by atoms with Crippen molar-refractivity contribution in [1.82, 2.24) is 14.9 Å². The van der Waals surface area contributed by atoms with Gasteiger partial charge in [0.2, 0.25) is 0 Å². The van der Waals surface area contributed by atoms with Crippen LogP contribution in [-0.4, -0.2) is 47.0 Å². The van der Waals surface area contributed by atoms with E-state index in [4.69, 9.17) is 5.73 Å². The highest BCUT2D eigenvalue weighted by molar-refractivity contribution is 14.1. The third-order valence-corrected chi connectivity index (χ3v) is 5.34. The number of nitrogens with zero attached hydrogens (tertiary/aromatic N) is 3. The van der Waals surface area contributed by atoms with Crippen molar-refractivity contribution in [2.45, 2.75) is 6.92 Å². The number of aromatic amines is 1. The van der Waals surface area contributed by atoms with Crippen molar-refractivity contribution in [2.24, 2.45) is 0 Å². The minimum Gasteiger partial charge on any atom is -0.383 e. The van der Waals surface area contributed by atoms with Crippen molar-refractivity contribution in [1.29, 1.82) is 0 Å². The van der Waals surface area contributed by atoms with Crippen LogP contribution in [0.5, 0.6) is 0 Å². The molecule has 3 N–H and O–H groups in total. The second-order valence-electron chi connectivity index (χ2n) is 5.73. The summed E-state index contributed by atoms with van der Waals surface area (Å²) in [6.07, 6.45) is 1.48. The van der Waals surface area contributed by atoms with Gasteiger partial charge in [-0.3, -0.25) is 9.78 Å². The molecule has 1 aliphatic rings. The number of hydrogen-bond donors (Lipinski definition) is 2. The number of carbonyl (C=O) groups excluding carboxylic acids is 1. The van der Waals surface area contributed by atoms with E-state index in [1.165, 1.54) is 6.20 Å². The smallest absolute Gasteiger partial charge is 0.346 e. The van der Waals surface area contributed by atoms with E-state index in [9.17, 15) is 9.59 Å². The predicted molar refractivity (Wildman–Crippen MR) is 101 cm³/mol. The van der Waals surface area contributed by atoms with Crippen LogP contribution in [0.4, 0.5) is 11.5 Å². The Morgan fingerprint density at radius 1 is 1.29 bits per heavy atom. The molecule has 126 valence electrons. The van der Waals surface area contributed by atoms with E-state index in [2.05, 4.69) is 32.6 Å². The highest BCUT2D eigenvalue weighted by Crippen LogP contribution is 2.21. The van der Waals surface area contributed by atoms with E-state index in [0.29, 0.717) is 43.2 Å². The standard InChI is InChI=1S/C16H18IN5O2/c1-10-8-11(2-3-12(10)17)15(23)22-6-4-21(5-7-22)13-9-19-16(24)20-14(13)18/h2-3,8-9H,4-7H2,1H3,(H3,18,19,20,24). The first kappa shape index (κ1) is 16.7. The maximum Gasteiger partial charge on any atom is 0.346 e. The van der Waals surface area contributed by atoms with Crippen LogP contribution in [0.2, 0.25) is 0 Å². The van der Waals surface area contributed by atoms with Gasteiger partial charge in [0, 0.05) is 35.3 Å². The zero-order valence-electron chi connectivity index (χ0n) is 13.3. The highest BCUT2D eigenvalue weighted by Gasteiger charge is 2.23. The molecule has 0 aliphatic carbocycles. The fourth-order valence-corrected chi connectivity index (χ4v) is 3.10. The van der Waals surface area contributed by atoms with Crippen molar-refractivity contribution in [2.75, 3.05) is 36.8 Å². The summed E-state index contributed by atoms with van der Waals surface area (Å²) in [5.41, 5.74) is 7.91. The molecule has 24 heavy (non-hydrogen) atoms. The Morgan fingerprint density at radius 3 is 2.62 bits per heavy atom. The first-order valence-corrected chi connectivity index (χ1v) is 8.69. The first-order valence-electron chi connectivity index (χ1n) is 7.61. The van der Waals surface area contributed by atoms with E-state index in [0.717, 1.165) is 9.13 Å². The van der Waals surface area contributed by atoms with Gasteiger partial charge < -0.3 is 15.5 Å². The third-order valence-electron chi connectivity index (χ3n) is 4.13. The van der Waals surface area contributed by atoms with Gasteiger partial charge in [-0.05, 0) is 53.3 Å². The van der Waals surface area contributed by atoms with Crippen molar-refractivity contribution < 1.29 is 4.79 Å². The maximum absolute atomic E-state index is 12.6. The molecule has 2 aromatic rings. The highest BCUT2D eigenvalue weighted by atomic mass is 127. The minimum atomic E-state index is -0.459. The number of aromatic nitrogens is 2. The van der Waals surface area contributed by atoms with Crippen molar-refractivity contribution >= 4 is 40.0 Å². The van der Waals surface area contributed by atoms with Crippen LogP contribution < -0.4 is 16.3 Å². The second kappa shape index (κ2) is 6.80. The average Bonchev–Trinajstić information content (AvgIpc) is 2.57. The lowest BCUT2D eigenvalue weighted by atomic mass is 10.1. The molecule has 0 radical (unpaired) electrons. The van der Waals surface area contributed by atoms with Crippen LogP contribution in [0, 0.1) is 10.5 Å². The summed E-state index contributed by atoms with van der Waals surface area (Å²) in [4.78, 5) is 33.9.